The summed E-state index contributed by atoms with van der Waals surface area (Å²) in [7, 11) is 0. The van der Waals surface area contributed by atoms with Gasteiger partial charge >= 0.3 is 5.97 Å². The number of hydrogen-bond donors (Lipinski definition) is 0. The molecule has 0 heterocycles. The number of fused-ring (bicyclic) bond motifs is 1. The first-order chi connectivity index (χ1) is 11.5. The number of aryl methyl sites for hydroxylation is 1. The minimum Gasteiger partial charge on any atom is -0.480 e. The molecule has 3 rings (SSSR count). The smallest absolute Gasteiger partial charge is 0.349 e. The molecule has 0 bridgehead atoms. The van der Waals surface area contributed by atoms with Crippen LogP contribution in [-0.4, -0.2) is 12.6 Å². The highest BCUT2D eigenvalue weighted by atomic mass is 79.9. The molecule has 0 radical (unpaired) electrons. The van der Waals surface area contributed by atoms with Crippen molar-refractivity contribution in [2.45, 2.75) is 6.92 Å². The Morgan fingerprint density at radius 3 is 2.50 bits per heavy atom. The van der Waals surface area contributed by atoms with Gasteiger partial charge in [0.1, 0.15) is 11.5 Å². The van der Waals surface area contributed by atoms with Crippen molar-refractivity contribution in [3.05, 3.63) is 69.1 Å². The molecule has 0 saturated carbocycles. The summed E-state index contributed by atoms with van der Waals surface area (Å²) in [4.78, 5) is 12.0. The first kappa shape index (κ1) is 17.0. The van der Waals surface area contributed by atoms with Gasteiger partial charge in [0.15, 0.2) is 6.61 Å². The number of esters is 1. The average molecular weight is 450 g/mol. The van der Waals surface area contributed by atoms with Crippen LogP contribution in [0.2, 0.25) is 0 Å². The molecule has 0 aliphatic rings. The summed E-state index contributed by atoms with van der Waals surface area (Å²) < 4.78 is 12.7. The van der Waals surface area contributed by atoms with Crippen molar-refractivity contribution in [2.75, 3.05) is 6.61 Å². The number of benzene rings is 3. The Balaban J connectivity index is 1.67. The maximum atomic E-state index is 12.0. The summed E-state index contributed by atoms with van der Waals surface area (Å²) in [5.41, 5.74) is 0.926. The van der Waals surface area contributed by atoms with Crippen LogP contribution >= 0.6 is 31.9 Å². The number of hydrogen-bond acceptors (Lipinski definition) is 3. The summed E-state index contributed by atoms with van der Waals surface area (Å²) in [5, 5.41) is 2.12. The van der Waals surface area contributed by atoms with Crippen LogP contribution in [0.3, 0.4) is 0 Å². The summed E-state index contributed by atoms with van der Waals surface area (Å²) in [5.74, 6) is 0.696. The minimum absolute atomic E-state index is 0.159. The molecule has 0 spiro atoms. The molecule has 0 fully saturated rings. The lowest BCUT2D eigenvalue weighted by Gasteiger charge is -2.11. The Morgan fingerprint density at radius 2 is 1.75 bits per heavy atom. The van der Waals surface area contributed by atoms with Crippen molar-refractivity contribution in [1.82, 2.24) is 0 Å². The third kappa shape index (κ3) is 3.97. The van der Waals surface area contributed by atoms with Crippen LogP contribution in [0.5, 0.6) is 11.5 Å². The molecule has 3 aromatic rings. The molecule has 0 unspecified atom stereocenters. The Hall–Kier alpha value is -1.85. The molecule has 0 aromatic heterocycles. The van der Waals surface area contributed by atoms with Gasteiger partial charge in [-0.3, -0.25) is 0 Å². The average Bonchev–Trinajstić information content (AvgIpc) is 2.53. The summed E-state index contributed by atoms with van der Waals surface area (Å²) in [6.07, 6.45) is 0. The minimum atomic E-state index is -0.445. The highest BCUT2D eigenvalue weighted by molar-refractivity contribution is 9.11. The molecule has 3 aromatic carbocycles. The first-order valence-corrected chi connectivity index (χ1v) is 8.89. The van der Waals surface area contributed by atoms with Crippen molar-refractivity contribution in [3.8, 4) is 11.5 Å². The summed E-state index contributed by atoms with van der Waals surface area (Å²) in [6.45, 7) is 1.76. The quantitative estimate of drug-likeness (QED) is 0.381. The van der Waals surface area contributed by atoms with Crippen molar-refractivity contribution < 1.29 is 14.3 Å². The van der Waals surface area contributed by atoms with Crippen LogP contribution in [0.4, 0.5) is 0 Å². The van der Waals surface area contributed by atoms with Crippen molar-refractivity contribution in [1.29, 1.82) is 0 Å². The van der Waals surface area contributed by atoms with Crippen LogP contribution in [0, 0.1) is 6.92 Å². The van der Waals surface area contributed by atoms with Crippen LogP contribution in [-0.2, 0) is 4.79 Å². The molecule has 5 heteroatoms. The Labute approximate surface area is 156 Å². The second-order valence-electron chi connectivity index (χ2n) is 5.31. The van der Waals surface area contributed by atoms with Crippen LogP contribution in [0.1, 0.15) is 5.56 Å². The highest BCUT2D eigenvalue weighted by Gasteiger charge is 2.11. The van der Waals surface area contributed by atoms with Gasteiger partial charge in [-0.2, -0.15) is 0 Å². The molecule has 0 amide bonds. The van der Waals surface area contributed by atoms with E-state index in [9.17, 15) is 4.79 Å². The van der Waals surface area contributed by atoms with E-state index in [0.717, 1.165) is 25.3 Å². The Morgan fingerprint density at radius 1 is 1.00 bits per heavy atom. The fourth-order valence-electron chi connectivity index (χ4n) is 2.39. The normalized spacial score (nSPS) is 10.6. The van der Waals surface area contributed by atoms with E-state index in [2.05, 4.69) is 31.9 Å². The molecule has 3 nitrogen and oxygen atoms in total. The lowest BCUT2D eigenvalue weighted by Crippen LogP contribution is -2.18. The van der Waals surface area contributed by atoms with E-state index in [0.29, 0.717) is 11.5 Å². The SMILES string of the molecule is Cc1cc(Br)cc(Br)c1OCC(=O)Oc1ccc2ccccc2c1. The van der Waals surface area contributed by atoms with E-state index in [1.54, 1.807) is 6.07 Å². The van der Waals surface area contributed by atoms with Crippen LogP contribution < -0.4 is 9.47 Å². The predicted octanol–water partition coefficient (Wildman–Crippen LogP) is 5.66. The molecular formula is C19H14Br2O3. The highest BCUT2D eigenvalue weighted by Crippen LogP contribution is 2.32. The zero-order valence-electron chi connectivity index (χ0n) is 12.9. The molecule has 0 aliphatic heterocycles. The van der Waals surface area contributed by atoms with Gasteiger partial charge in [-0.1, -0.05) is 46.3 Å². The molecule has 0 N–H and O–H groups in total. The zero-order valence-corrected chi connectivity index (χ0v) is 16.1. The lowest BCUT2D eigenvalue weighted by atomic mass is 10.1. The molecular weight excluding hydrogens is 436 g/mol. The topological polar surface area (TPSA) is 35.5 Å². The van der Waals surface area contributed by atoms with E-state index in [-0.39, 0.29) is 6.61 Å². The van der Waals surface area contributed by atoms with E-state index >= 15 is 0 Å². The lowest BCUT2D eigenvalue weighted by molar-refractivity contribution is -0.136. The number of halogens is 2. The largest absolute Gasteiger partial charge is 0.480 e. The fourth-order valence-corrected chi connectivity index (χ4v) is 3.95. The molecule has 0 saturated heterocycles. The maximum absolute atomic E-state index is 12.0. The third-order valence-corrected chi connectivity index (χ3v) is 4.53. The second kappa shape index (κ2) is 7.36. The van der Waals surface area contributed by atoms with Gasteiger partial charge in [-0.25, -0.2) is 4.79 Å². The number of ether oxygens (including phenoxy) is 2. The van der Waals surface area contributed by atoms with Crippen molar-refractivity contribution >= 4 is 48.6 Å². The van der Waals surface area contributed by atoms with E-state index in [1.165, 1.54) is 0 Å². The zero-order chi connectivity index (χ0) is 17.1. The van der Waals surface area contributed by atoms with Gasteiger partial charge in [-0.05, 0) is 63.5 Å². The molecule has 24 heavy (non-hydrogen) atoms. The molecule has 0 atom stereocenters. The van der Waals surface area contributed by atoms with Gasteiger partial charge in [0.05, 0.1) is 4.47 Å². The Kier molecular flexibility index (Phi) is 5.21. The maximum Gasteiger partial charge on any atom is 0.349 e. The number of carbonyl (C=O) groups excluding carboxylic acids is 1. The van der Waals surface area contributed by atoms with Crippen molar-refractivity contribution in [2.24, 2.45) is 0 Å². The van der Waals surface area contributed by atoms with Crippen molar-refractivity contribution in [3.63, 3.8) is 0 Å². The van der Waals surface area contributed by atoms with Crippen LogP contribution in [0.15, 0.2) is 63.5 Å². The van der Waals surface area contributed by atoms with Gasteiger partial charge in [-0.15, -0.1) is 0 Å². The third-order valence-electron chi connectivity index (χ3n) is 3.48. The van der Waals surface area contributed by atoms with Gasteiger partial charge in [0.2, 0.25) is 0 Å². The van der Waals surface area contributed by atoms with E-state index < -0.39 is 5.97 Å². The number of rotatable bonds is 4. The van der Waals surface area contributed by atoms with Crippen LogP contribution in [0.25, 0.3) is 10.8 Å². The first-order valence-electron chi connectivity index (χ1n) is 7.31. The van der Waals surface area contributed by atoms with Gasteiger partial charge in [0.25, 0.3) is 0 Å². The van der Waals surface area contributed by atoms with Gasteiger partial charge in [0, 0.05) is 4.47 Å². The standard InChI is InChI=1S/C19H14Br2O3/c1-12-8-15(20)10-17(21)19(12)23-11-18(22)24-16-7-6-13-4-2-3-5-14(13)9-16/h2-10H,11H2,1H3. The Bertz CT molecular complexity index is 883. The second-order valence-corrected chi connectivity index (χ2v) is 7.08. The van der Waals surface area contributed by atoms with Gasteiger partial charge < -0.3 is 9.47 Å². The van der Waals surface area contributed by atoms with E-state index in [1.807, 2.05) is 55.5 Å². The summed E-state index contributed by atoms with van der Waals surface area (Å²) in [6, 6.07) is 17.3. The predicted molar refractivity (Wildman–Crippen MR) is 102 cm³/mol. The monoisotopic (exact) mass is 448 g/mol. The number of carbonyl (C=O) groups is 1. The van der Waals surface area contributed by atoms with E-state index in [4.69, 9.17) is 9.47 Å². The summed E-state index contributed by atoms with van der Waals surface area (Å²) >= 11 is 6.85. The fraction of sp³-hybridized carbons (Fsp3) is 0.105. The molecule has 122 valence electrons. The molecule has 0 aliphatic carbocycles.